The quantitative estimate of drug-likeness (QED) is 0.794. The van der Waals surface area contributed by atoms with E-state index in [1.54, 1.807) is 0 Å². The van der Waals surface area contributed by atoms with E-state index in [0.29, 0.717) is 42.2 Å². The fraction of sp³-hybridized carbons (Fsp3) is 0.357. The van der Waals surface area contributed by atoms with Gasteiger partial charge in [-0.05, 0) is 23.9 Å². The Hall–Kier alpha value is -2.22. The summed E-state index contributed by atoms with van der Waals surface area (Å²) in [5.74, 6) is 1.44. The van der Waals surface area contributed by atoms with Crippen LogP contribution in [-0.4, -0.2) is 34.6 Å². The number of fused-ring (bicyclic) bond motifs is 1. The first-order valence-corrected chi connectivity index (χ1v) is 7.73. The number of nitrogens with zero attached hydrogens (tertiary/aromatic N) is 2. The first kappa shape index (κ1) is 13.4. The topological polar surface area (TPSA) is 83.7 Å². The number of esters is 1. The van der Waals surface area contributed by atoms with E-state index in [1.807, 2.05) is 24.3 Å². The lowest BCUT2D eigenvalue weighted by molar-refractivity contribution is -0.137. The number of carbonyl (C=O) groups is 1. The molecule has 2 atom stereocenters. The normalized spacial score (nSPS) is 23.4. The van der Waals surface area contributed by atoms with Crippen molar-refractivity contribution in [3.8, 4) is 11.5 Å². The molecule has 0 spiro atoms. The van der Waals surface area contributed by atoms with E-state index in [2.05, 4.69) is 10.2 Å². The lowest BCUT2D eigenvalue weighted by atomic mass is 10.2. The van der Waals surface area contributed by atoms with Gasteiger partial charge in [-0.2, -0.15) is 0 Å². The third-order valence-corrected chi connectivity index (χ3v) is 4.42. The monoisotopic (exact) mass is 320 g/mol. The molecular weight excluding hydrogens is 308 g/mol. The van der Waals surface area contributed by atoms with Crippen molar-refractivity contribution in [3.63, 3.8) is 0 Å². The van der Waals surface area contributed by atoms with Gasteiger partial charge in [0.2, 0.25) is 6.10 Å². The van der Waals surface area contributed by atoms with Gasteiger partial charge < -0.3 is 18.6 Å². The molecule has 3 heterocycles. The maximum atomic E-state index is 11.4. The van der Waals surface area contributed by atoms with E-state index in [9.17, 15) is 4.79 Å². The zero-order valence-electron chi connectivity index (χ0n) is 11.4. The lowest BCUT2D eigenvalue weighted by Gasteiger charge is -2.23. The van der Waals surface area contributed by atoms with Gasteiger partial charge in [-0.3, -0.25) is 4.79 Å². The average Bonchev–Trinajstić information content (AvgIpc) is 3.17. The predicted molar refractivity (Wildman–Crippen MR) is 74.8 cm³/mol. The summed E-state index contributed by atoms with van der Waals surface area (Å²) in [6.07, 6.45) is 0.199. The number of thioether (sulfide) groups is 1. The van der Waals surface area contributed by atoms with Gasteiger partial charge in [0, 0.05) is 6.42 Å². The van der Waals surface area contributed by atoms with Crippen molar-refractivity contribution in [3.05, 3.63) is 30.2 Å². The zero-order chi connectivity index (χ0) is 14.9. The Labute approximate surface area is 129 Å². The van der Waals surface area contributed by atoms with E-state index in [4.69, 9.17) is 18.6 Å². The summed E-state index contributed by atoms with van der Waals surface area (Å²) in [6, 6.07) is 7.41. The van der Waals surface area contributed by atoms with Crippen molar-refractivity contribution in [1.82, 2.24) is 10.2 Å². The third-order valence-electron chi connectivity index (χ3n) is 3.34. The molecule has 1 aromatic carbocycles. The molecular formula is C14H12N2O5S. The number of benzene rings is 1. The summed E-state index contributed by atoms with van der Waals surface area (Å²) in [5, 5.41) is 7.99. The predicted octanol–water partition coefficient (Wildman–Crippen LogP) is 1.99. The van der Waals surface area contributed by atoms with Crippen molar-refractivity contribution in [2.75, 3.05) is 13.2 Å². The fourth-order valence-electron chi connectivity index (χ4n) is 2.25. The Bertz CT molecular complexity index is 704. The highest BCUT2D eigenvalue weighted by molar-refractivity contribution is 8.00. The van der Waals surface area contributed by atoms with Crippen LogP contribution < -0.4 is 9.47 Å². The van der Waals surface area contributed by atoms with Crippen LogP contribution in [0.3, 0.4) is 0 Å². The Morgan fingerprint density at radius 1 is 1.14 bits per heavy atom. The molecule has 7 nitrogen and oxygen atoms in total. The largest absolute Gasteiger partial charge is 0.485 e. The SMILES string of the molecule is O=C1OCC[C@@H]1Sc1nnc([C@H]2COc3ccccc3O2)o1. The highest BCUT2D eigenvalue weighted by Gasteiger charge is 2.31. The second kappa shape index (κ2) is 5.53. The number of hydrogen-bond donors (Lipinski definition) is 0. The van der Waals surface area contributed by atoms with Gasteiger partial charge in [-0.25, -0.2) is 0 Å². The Kier molecular flexibility index (Phi) is 3.38. The molecule has 1 aromatic heterocycles. The Balaban J connectivity index is 1.47. The molecule has 22 heavy (non-hydrogen) atoms. The van der Waals surface area contributed by atoms with Crippen molar-refractivity contribution < 1.29 is 23.4 Å². The van der Waals surface area contributed by atoms with Crippen molar-refractivity contribution in [2.24, 2.45) is 0 Å². The van der Waals surface area contributed by atoms with Gasteiger partial charge in [0.15, 0.2) is 11.5 Å². The van der Waals surface area contributed by atoms with Crippen LogP contribution in [0.25, 0.3) is 0 Å². The number of ether oxygens (including phenoxy) is 3. The van der Waals surface area contributed by atoms with Crippen LogP contribution in [-0.2, 0) is 9.53 Å². The minimum absolute atomic E-state index is 0.240. The minimum atomic E-state index is -0.452. The fourth-order valence-corrected chi connectivity index (χ4v) is 3.09. The zero-order valence-corrected chi connectivity index (χ0v) is 12.2. The number of cyclic esters (lactones) is 1. The second-order valence-corrected chi connectivity index (χ2v) is 5.99. The molecule has 1 fully saturated rings. The molecule has 0 N–H and O–H groups in total. The van der Waals surface area contributed by atoms with Gasteiger partial charge >= 0.3 is 5.97 Å². The van der Waals surface area contributed by atoms with Gasteiger partial charge in [-0.1, -0.05) is 12.1 Å². The average molecular weight is 320 g/mol. The maximum absolute atomic E-state index is 11.4. The number of hydrogen-bond acceptors (Lipinski definition) is 8. The molecule has 0 unspecified atom stereocenters. The van der Waals surface area contributed by atoms with Crippen LogP contribution >= 0.6 is 11.8 Å². The summed E-state index contributed by atoms with van der Waals surface area (Å²) < 4.78 is 21.9. The molecule has 0 bridgehead atoms. The molecule has 1 saturated heterocycles. The molecule has 0 amide bonds. The number of rotatable bonds is 3. The minimum Gasteiger partial charge on any atom is -0.485 e. The number of para-hydroxylation sites is 2. The maximum Gasteiger partial charge on any atom is 0.319 e. The highest BCUT2D eigenvalue weighted by atomic mass is 32.2. The summed E-state index contributed by atoms with van der Waals surface area (Å²) in [6.45, 7) is 0.739. The van der Waals surface area contributed by atoms with Gasteiger partial charge in [0.1, 0.15) is 11.9 Å². The van der Waals surface area contributed by atoms with Crippen molar-refractivity contribution in [1.29, 1.82) is 0 Å². The van der Waals surface area contributed by atoms with E-state index in [-0.39, 0.29) is 11.2 Å². The van der Waals surface area contributed by atoms with E-state index < -0.39 is 6.10 Å². The highest BCUT2D eigenvalue weighted by Crippen LogP contribution is 2.36. The molecule has 2 aromatic rings. The molecule has 0 aliphatic carbocycles. The van der Waals surface area contributed by atoms with Crippen molar-refractivity contribution >= 4 is 17.7 Å². The number of carbonyl (C=O) groups excluding carboxylic acids is 1. The molecule has 0 saturated carbocycles. The molecule has 0 radical (unpaired) electrons. The van der Waals surface area contributed by atoms with Crippen LogP contribution in [0.15, 0.2) is 33.9 Å². The van der Waals surface area contributed by atoms with Crippen LogP contribution in [0.2, 0.25) is 0 Å². The molecule has 8 heteroatoms. The summed E-state index contributed by atoms with van der Waals surface area (Å²) in [4.78, 5) is 11.4. The first-order valence-electron chi connectivity index (χ1n) is 6.85. The standard InChI is InChI=1S/C14H12N2O5S/c17-13-11(5-6-18-13)22-14-16-15-12(21-14)10-7-19-8-3-1-2-4-9(8)20-10/h1-4,10-11H,5-7H2/t10-,11+/m1/s1. The summed E-state index contributed by atoms with van der Waals surface area (Å²) in [7, 11) is 0. The molecule has 114 valence electrons. The van der Waals surface area contributed by atoms with Gasteiger partial charge in [0.25, 0.3) is 11.1 Å². The van der Waals surface area contributed by atoms with E-state index in [1.165, 1.54) is 11.8 Å². The lowest BCUT2D eigenvalue weighted by Crippen LogP contribution is -2.21. The van der Waals surface area contributed by atoms with Gasteiger partial charge in [-0.15, -0.1) is 10.2 Å². The molecule has 2 aliphatic heterocycles. The van der Waals surface area contributed by atoms with E-state index >= 15 is 0 Å². The summed E-state index contributed by atoms with van der Waals surface area (Å²) in [5.41, 5.74) is 0. The first-order chi connectivity index (χ1) is 10.8. The Morgan fingerprint density at radius 2 is 2.00 bits per heavy atom. The van der Waals surface area contributed by atoms with Crippen molar-refractivity contribution in [2.45, 2.75) is 23.0 Å². The van der Waals surface area contributed by atoms with Crippen LogP contribution in [0, 0.1) is 0 Å². The summed E-state index contributed by atoms with van der Waals surface area (Å²) >= 11 is 1.22. The van der Waals surface area contributed by atoms with Crippen LogP contribution in [0.4, 0.5) is 0 Å². The smallest absolute Gasteiger partial charge is 0.319 e. The van der Waals surface area contributed by atoms with Crippen LogP contribution in [0.1, 0.15) is 18.4 Å². The number of aromatic nitrogens is 2. The van der Waals surface area contributed by atoms with Crippen LogP contribution in [0.5, 0.6) is 11.5 Å². The second-order valence-electron chi connectivity index (χ2n) is 4.83. The van der Waals surface area contributed by atoms with E-state index in [0.717, 1.165) is 0 Å². The Morgan fingerprint density at radius 3 is 2.82 bits per heavy atom. The third kappa shape index (κ3) is 2.50. The van der Waals surface area contributed by atoms with Gasteiger partial charge in [0.05, 0.1) is 6.61 Å². The molecule has 4 rings (SSSR count). The molecule has 2 aliphatic rings.